The van der Waals surface area contributed by atoms with Crippen molar-refractivity contribution in [3.05, 3.63) is 41.9 Å². The molecule has 5 heteroatoms. The SMILES string of the molecule is Cc1ccc(-c2cnc(CCC(=O)N3CC(C)OC(C)C3)o2)cc1. The molecule has 1 saturated heterocycles. The summed E-state index contributed by atoms with van der Waals surface area (Å²) in [5.41, 5.74) is 2.21. The molecule has 0 bridgehead atoms. The van der Waals surface area contributed by atoms with Crippen molar-refractivity contribution in [2.75, 3.05) is 13.1 Å². The average Bonchev–Trinajstić information content (AvgIpc) is 3.01. The summed E-state index contributed by atoms with van der Waals surface area (Å²) in [5.74, 6) is 1.48. The van der Waals surface area contributed by atoms with E-state index in [1.54, 1.807) is 6.20 Å². The van der Waals surface area contributed by atoms with Crippen molar-refractivity contribution >= 4 is 5.91 Å². The Labute approximate surface area is 142 Å². The third-order valence-corrected chi connectivity index (χ3v) is 4.21. The number of oxazole rings is 1. The lowest BCUT2D eigenvalue weighted by atomic mass is 10.1. The van der Waals surface area contributed by atoms with Gasteiger partial charge < -0.3 is 14.1 Å². The van der Waals surface area contributed by atoms with E-state index in [1.165, 1.54) is 5.56 Å². The highest BCUT2D eigenvalue weighted by Crippen LogP contribution is 2.21. The van der Waals surface area contributed by atoms with Gasteiger partial charge in [0.2, 0.25) is 5.91 Å². The number of morpholine rings is 1. The number of ether oxygens (including phenoxy) is 1. The van der Waals surface area contributed by atoms with Crippen LogP contribution in [0.25, 0.3) is 11.3 Å². The summed E-state index contributed by atoms with van der Waals surface area (Å²) < 4.78 is 11.4. The normalized spacial score (nSPS) is 21.0. The van der Waals surface area contributed by atoms with Crippen LogP contribution >= 0.6 is 0 Å². The van der Waals surface area contributed by atoms with Crippen molar-refractivity contribution < 1.29 is 13.9 Å². The van der Waals surface area contributed by atoms with Crippen molar-refractivity contribution in [3.63, 3.8) is 0 Å². The van der Waals surface area contributed by atoms with Crippen LogP contribution < -0.4 is 0 Å². The fourth-order valence-corrected chi connectivity index (χ4v) is 3.03. The number of amides is 1. The number of aryl methyl sites for hydroxylation is 2. The second-order valence-electron chi connectivity index (χ2n) is 6.54. The molecule has 2 aromatic rings. The second-order valence-corrected chi connectivity index (χ2v) is 6.54. The third kappa shape index (κ3) is 4.03. The molecule has 1 aromatic heterocycles. The molecule has 0 aliphatic carbocycles. The van der Waals surface area contributed by atoms with Crippen molar-refractivity contribution in [2.24, 2.45) is 0 Å². The van der Waals surface area contributed by atoms with E-state index in [2.05, 4.69) is 11.9 Å². The van der Waals surface area contributed by atoms with E-state index in [0.29, 0.717) is 31.8 Å². The van der Waals surface area contributed by atoms with Gasteiger partial charge in [-0.25, -0.2) is 4.98 Å². The average molecular weight is 328 g/mol. The fourth-order valence-electron chi connectivity index (χ4n) is 3.03. The van der Waals surface area contributed by atoms with E-state index >= 15 is 0 Å². The maximum Gasteiger partial charge on any atom is 0.223 e. The fraction of sp³-hybridized carbons (Fsp3) is 0.474. The number of nitrogens with zero attached hydrogens (tertiary/aromatic N) is 2. The van der Waals surface area contributed by atoms with Crippen molar-refractivity contribution in [1.29, 1.82) is 0 Å². The lowest BCUT2D eigenvalue weighted by Gasteiger charge is -2.35. The van der Waals surface area contributed by atoms with E-state index in [9.17, 15) is 4.79 Å². The van der Waals surface area contributed by atoms with E-state index in [4.69, 9.17) is 9.15 Å². The number of hydrogen-bond acceptors (Lipinski definition) is 4. The Hall–Kier alpha value is -2.14. The molecule has 0 saturated carbocycles. The first-order chi connectivity index (χ1) is 11.5. The van der Waals surface area contributed by atoms with E-state index < -0.39 is 0 Å². The van der Waals surface area contributed by atoms with Crippen LogP contribution in [-0.2, 0) is 16.0 Å². The molecule has 5 nitrogen and oxygen atoms in total. The quantitative estimate of drug-likeness (QED) is 0.865. The Morgan fingerprint density at radius 2 is 1.88 bits per heavy atom. The first-order valence-electron chi connectivity index (χ1n) is 8.46. The largest absolute Gasteiger partial charge is 0.441 e. The van der Waals surface area contributed by atoms with Gasteiger partial charge >= 0.3 is 0 Å². The van der Waals surface area contributed by atoms with Gasteiger partial charge in [0.05, 0.1) is 18.4 Å². The summed E-state index contributed by atoms with van der Waals surface area (Å²) in [7, 11) is 0. The molecule has 1 aliphatic heterocycles. The molecular formula is C19H24N2O3. The van der Waals surface area contributed by atoms with Crippen LogP contribution in [0.15, 0.2) is 34.9 Å². The maximum absolute atomic E-state index is 12.4. The molecule has 2 atom stereocenters. The predicted octanol–water partition coefficient (Wildman–Crippen LogP) is 3.22. The molecule has 0 N–H and O–H groups in total. The Balaban J connectivity index is 1.57. The van der Waals surface area contributed by atoms with Crippen molar-refractivity contribution in [2.45, 2.75) is 45.8 Å². The van der Waals surface area contributed by atoms with Crippen LogP contribution in [0.4, 0.5) is 0 Å². The zero-order valence-electron chi connectivity index (χ0n) is 14.5. The van der Waals surface area contributed by atoms with Gasteiger partial charge in [0.15, 0.2) is 11.7 Å². The minimum Gasteiger partial charge on any atom is -0.441 e. The van der Waals surface area contributed by atoms with Crippen molar-refractivity contribution in [1.82, 2.24) is 9.88 Å². The van der Waals surface area contributed by atoms with Gasteiger partial charge in [-0.1, -0.05) is 29.8 Å². The number of rotatable bonds is 4. The summed E-state index contributed by atoms with van der Waals surface area (Å²) in [6.07, 6.45) is 2.83. The zero-order valence-corrected chi connectivity index (χ0v) is 14.5. The highest BCUT2D eigenvalue weighted by molar-refractivity contribution is 5.76. The van der Waals surface area contributed by atoms with Gasteiger partial charge in [0, 0.05) is 31.5 Å². The van der Waals surface area contributed by atoms with Gasteiger partial charge in [-0.2, -0.15) is 0 Å². The molecule has 1 amide bonds. The standard InChI is InChI=1S/C19H24N2O3/c1-13-4-6-16(7-5-13)17-10-20-18(24-17)8-9-19(22)21-11-14(2)23-15(3)12-21/h4-7,10,14-15H,8-9,11-12H2,1-3H3. The minimum absolute atomic E-state index is 0.0903. The van der Waals surface area contributed by atoms with Crippen LogP contribution in [0.5, 0.6) is 0 Å². The molecule has 2 heterocycles. The monoisotopic (exact) mass is 328 g/mol. The number of carbonyl (C=O) groups is 1. The van der Waals surface area contributed by atoms with Crippen LogP contribution in [0.2, 0.25) is 0 Å². The summed E-state index contributed by atoms with van der Waals surface area (Å²) in [6.45, 7) is 7.36. The summed E-state index contributed by atoms with van der Waals surface area (Å²) in [4.78, 5) is 18.6. The highest BCUT2D eigenvalue weighted by Gasteiger charge is 2.25. The number of carbonyl (C=O) groups excluding carboxylic acids is 1. The molecule has 3 rings (SSSR count). The molecular weight excluding hydrogens is 304 g/mol. The van der Waals surface area contributed by atoms with Gasteiger partial charge in [0.1, 0.15) is 0 Å². The number of aromatic nitrogens is 1. The van der Waals surface area contributed by atoms with Gasteiger partial charge in [-0.15, -0.1) is 0 Å². The number of benzene rings is 1. The summed E-state index contributed by atoms with van der Waals surface area (Å²) in [6, 6.07) is 8.12. The molecule has 1 aliphatic rings. The lowest BCUT2D eigenvalue weighted by Crippen LogP contribution is -2.48. The van der Waals surface area contributed by atoms with Crippen LogP contribution in [0, 0.1) is 6.92 Å². The first kappa shape index (κ1) is 16.7. The highest BCUT2D eigenvalue weighted by atomic mass is 16.5. The molecule has 1 fully saturated rings. The molecule has 2 unspecified atom stereocenters. The molecule has 0 radical (unpaired) electrons. The Kier molecular flexibility index (Phi) is 5.00. The Morgan fingerprint density at radius 3 is 2.54 bits per heavy atom. The van der Waals surface area contributed by atoms with Gasteiger partial charge in [-0.3, -0.25) is 4.79 Å². The Morgan fingerprint density at radius 1 is 1.21 bits per heavy atom. The van der Waals surface area contributed by atoms with Crippen molar-refractivity contribution in [3.8, 4) is 11.3 Å². The summed E-state index contributed by atoms with van der Waals surface area (Å²) in [5, 5.41) is 0. The van der Waals surface area contributed by atoms with Crippen LogP contribution in [0.3, 0.4) is 0 Å². The van der Waals surface area contributed by atoms with E-state index in [0.717, 1.165) is 11.3 Å². The molecule has 1 aromatic carbocycles. The van der Waals surface area contributed by atoms with E-state index in [1.807, 2.05) is 43.0 Å². The summed E-state index contributed by atoms with van der Waals surface area (Å²) >= 11 is 0. The molecule has 128 valence electrons. The Bertz CT molecular complexity index is 683. The molecule has 0 spiro atoms. The maximum atomic E-state index is 12.4. The zero-order chi connectivity index (χ0) is 17.1. The van der Waals surface area contributed by atoms with E-state index in [-0.39, 0.29) is 18.1 Å². The number of hydrogen-bond donors (Lipinski definition) is 0. The second kappa shape index (κ2) is 7.18. The third-order valence-electron chi connectivity index (χ3n) is 4.21. The first-order valence-corrected chi connectivity index (χ1v) is 8.46. The van der Waals surface area contributed by atoms with Gasteiger partial charge in [0.25, 0.3) is 0 Å². The van der Waals surface area contributed by atoms with Gasteiger partial charge in [-0.05, 0) is 20.8 Å². The predicted molar refractivity (Wildman–Crippen MR) is 91.6 cm³/mol. The minimum atomic E-state index is 0.0903. The lowest BCUT2D eigenvalue weighted by molar-refractivity contribution is -0.143. The van der Waals surface area contributed by atoms with Crippen LogP contribution in [-0.4, -0.2) is 41.1 Å². The van der Waals surface area contributed by atoms with Crippen LogP contribution in [0.1, 0.15) is 31.7 Å². The molecule has 24 heavy (non-hydrogen) atoms. The smallest absolute Gasteiger partial charge is 0.223 e. The topological polar surface area (TPSA) is 55.6 Å².